The quantitative estimate of drug-likeness (QED) is 0.383. The van der Waals surface area contributed by atoms with Crippen molar-refractivity contribution in [3.63, 3.8) is 0 Å². The molecule has 2 N–H and O–H groups in total. The summed E-state index contributed by atoms with van der Waals surface area (Å²) in [6.45, 7) is 0.315. The van der Waals surface area contributed by atoms with Gasteiger partial charge in [-0.25, -0.2) is 9.78 Å². The molecule has 1 aliphatic heterocycles. The highest BCUT2D eigenvalue weighted by atomic mass is 35.5. The molecular formula is C22H24ClF3N4O8S. The van der Waals surface area contributed by atoms with Gasteiger partial charge in [0.15, 0.2) is 0 Å². The Labute approximate surface area is 226 Å². The number of aromatic nitrogens is 1. The number of hydrogen-bond donors (Lipinski definition) is 2. The molecule has 0 bridgehead atoms. The van der Waals surface area contributed by atoms with E-state index in [2.05, 4.69) is 14.9 Å². The van der Waals surface area contributed by atoms with Gasteiger partial charge in [-0.2, -0.15) is 26.3 Å². The molecule has 1 amide bonds. The van der Waals surface area contributed by atoms with Crippen molar-refractivity contribution in [2.75, 3.05) is 26.9 Å². The second kappa shape index (κ2) is 13.6. The van der Waals surface area contributed by atoms with Crippen LogP contribution in [0.25, 0.3) is 0 Å². The van der Waals surface area contributed by atoms with Gasteiger partial charge >= 0.3 is 22.5 Å². The van der Waals surface area contributed by atoms with Crippen molar-refractivity contribution in [3.05, 3.63) is 46.6 Å². The largest absolute Gasteiger partial charge is 0.491 e. The number of halogens is 4. The number of amides is 1. The van der Waals surface area contributed by atoms with Crippen molar-refractivity contribution < 1.29 is 50.2 Å². The Kier molecular flexibility index (Phi) is 10.6. The van der Waals surface area contributed by atoms with Crippen LogP contribution in [0.3, 0.4) is 0 Å². The van der Waals surface area contributed by atoms with Crippen molar-refractivity contribution in [1.29, 1.82) is 0 Å². The van der Waals surface area contributed by atoms with Crippen LogP contribution in [0.2, 0.25) is 5.02 Å². The van der Waals surface area contributed by atoms with Gasteiger partial charge in [0.1, 0.15) is 35.6 Å². The Morgan fingerprint density at radius 1 is 1.26 bits per heavy atom. The average Bonchev–Trinajstić information content (AvgIpc) is 3.12. The molecular weight excluding hydrogens is 573 g/mol. The maximum atomic E-state index is 13.0. The van der Waals surface area contributed by atoms with Crippen LogP contribution in [0, 0.1) is 0 Å². The SMILES string of the molecule is COCCOc1ccc(COC(=O)NS(=O)(=O)/N=C2\CCCCON2)c(Oc2ncc(C(F)(F)F)cc2Cl)c1. The summed E-state index contributed by atoms with van der Waals surface area (Å²) in [5.74, 6) is -0.0843. The number of methoxy groups -OCH3 is 1. The van der Waals surface area contributed by atoms with Crippen LogP contribution in [0.15, 0.2) is 34.9 Å². The third-order valence-electron chi connectivity index (χ3n) is 4.84. The van der Waals surface area contributed by atoms with Gasteiger partial charge in [0, 0.05) is 31.4 Å². The van der Waals surface area contributed by atoms with Crippen LogP contribution in [-0.2, 0) is 37.3 Å². The van der Waals surface area contributed by atoms with Gasteiger partial charge < -0.3 is 18.9 Å². The summed E-state index contributed by atoms with van der Waals surface area (Å²) in [6, 6.07) is 4.95. The second-order valence-corrected chi connectivity index (χ2v) is 9.56. The van der Waals surface area contributed by atoms with Crippen molar-refractivity contribution in [2.45, 2.75) is 32.0 Å². The number of ether oxygens (including phenoxy) is 4. The zero-order valence-corrected chi connectivity index (χ0v) is 22.0. The highest BCUT2D eigenvalue weighted by molar-refractivity contribution is 7.88. The fraction of sp³-hybridized carbons (Fsp3) is 0.409. The molecule has 0 radical (unpaired) electrons. The summed E-state index contributed by atoms with van der Waals surface area (Å²) in [6.07, 6.45) is -3.82. The number of rotatable bonds is 10. The highest BCUT2D eigenvalue weighted by Crippen LogP contribution is 2.36. The maximum Gasteiger partial charge on any atom is 0.422 e. The Morgan fingerprint density at radius 2 is 2.05 bits per heavy atom. The zero-order valence-electron chi connectivity index (χ0n) is 20.4. The maximum absolute atomic E-state index is 13.0. The first-order valence-electron chi connectivity index (χ1n) is 11.3. The van der Waals surface area contributed by atoms with Gasteiger partial charge in [-0.3, -0.25) is 10.3 Å². The average molecular weight is 597 g/mol. The monoisotopic (exact) mass is 596 g/mol. The highest BCUT2D eigenvalue weighted by Gasteiger charge is 2.32. The molecule has 1 aromatic heterocycles. The van der Waals surface area contributed by atoms with E-state index in [1.807, 2.05) is 0 Å². The molecule has 39 heavy (non-hydrogen) atoms. The lowest BCUT2D eigenvalue weighted by atomic mass is 10.2. The van der Waals surface area contributed by atoms with E-state index < -0.39 is 39.7 Å². The van der Waals surface area contributed by atoms with Gasteiger partial charge in [-0.15, -0.1) is 4.40 Å². The Hall–Kier alpha value is -3.34. The van der Waals surface area contributed by atoms with E-state index in [1.54, 1.807) is 4.72 Å². The van der Waals surface area contributed by atoms with Crippen LogP contribution >= 0.6 is 11.6 Å². The number of hydroxylamine groups is 1. The predicted molar refractivity (Wildman–Crippen MR) is 131 cm³/mol. The number of alkyl halides is 3. The van der Waals surface area contributed by atoms with E-state index in [0.717, 1.165) is 0 Å². The number of carbonyl (C=O) groups excluding carboxylic acids is 1. The minimum atomic E-state index is -4.67. The van der Waals surface area contributed by atoms with Crippen LogP contribution in [0.5, 0.6) is 17.4 Å². The first kappa shape index (κ1) is 30.2. The van der Waals surface area contributed by atoms with Crippen molar-refractivity contribution in [1.82, 2.24) is 15.2 Å². The summed E-state index contributed by atoms with van der Waals surface area (Å²) in [5.41, 5.74) is 1.51. The number of hydrogen-bond acceptors (Lipinski definition) is 9. The Balaban J connectivity index is 1.74. The van der Waals surface area contributed by atoms with Crippen LogP contribution in [0.1, 0.15) is 30.4 Å². The summed E-state index contributed by atoms with van der Waals surface area (Å²) < 4.78 is 89.4. The molecule has 0 spiro atoms. The summed E-state index contributed by atoms with van der Waals surface area (Å²) >= 11 is 5.95. The smallest absolute Gasteiger partial charge is 0.422 e. The van der Waals surface area contributed by atoms with E-state index >= 15 is 0 Å². The second-order valence-electron chi connectivity index (χ2n) is 7.82. The van der Waals surface area contributed by atoms with E-state index in [-0.39, 0.29) is 42.0 Å². The van der Waals surface area contributed by atoms with Crippen LogP contribution < -0.4 is 19.7 Å². The molecule has 17 heteroatoms. The molecule has 12 nitrogen and oxygen atoms in total. The summed E-state index contributed by atoms with van der Waals surface area (Å²) in [7, 11) is -2.98. The standard InChI is InChI=1S/C22H24ClF3N4O8S/c1-34-8-9-35-16-6-5-14(18(11-16)38-20-17(23)10-15(12-27-20)22(24,25)26)13-36-21(31)30-39(32,33)29-19-4-2-3-7-37-28-19/h5-6,10-12H,2-4,7-9,13H2,1H3,(H,28,29)(H,30,31). The topological polar surface area (TPSA) is 147 Å². The van der Waals surface area contributed by atoms with Gasteiger partial charge in [0.25, 0.3) is 0 Å². The molecule has 1 aliphatic rings. The fourth-order valence-corrected chi connectivity index (χ4v) is 3.94. The molecule has 1 aromatic carbocycles. The third kappa shape index (κ3) is 9.72. The normalized spacial score (nSPS) is 15.3. The number of nitrogens with zero attached hydrogens (tertiary/aromatic N) is 2. The van der Waals surface area contributed by atoms with E-state index in [9.17, 15) is 26.4 Å². The minimum absolute atomic E-state index is 0.0217. The van der Waals surface area contributed by atoms with E-state index in [4.69, 9.17) is 35.4 Å². The summed E-state index contributed by atoms with van der Waals surface area (Å²) in [4.78, 5) is 20.8. The van der Waals surface area contributed by atoms with Gasteiger partial charge in [-0.05, 0) is 31.0 Å². The molecule has 1 saturated heterocycles. The number of carbonyl (C=O) groups is 1. The van der Waals surface area contributed by atoms with E-state index in [0.29, 0.717) is 38.1 Å². The molecule has 214 valence electrons. The molecule has 0 saturated carbocycles. The first-order valence-corrected chi connectivity index (χ1v) is 13.1. The van der Waals surface area contributed by atoms with Gasteiger partial charge in [0.05, 0.1) is 18.8 Å². The zero-order chi connectivity index (χ0) is 28.5. The molecule has 0 atom stereocenters. The number of benzene rings is 1. The molecule has 0 unspecified atom stereocenters. The van der Waals surface area contributed by atoms with Crippen LogP contribution in [-0.4, -0.2) is 52.3 Å². The van der Waals surface area contributed by atoms with E-state index in [1.165, 1.54) is 25.3 Å². The van der Waals surface area contributed by atoms with Gasteiger partial charge in [0.2, 0.25) is 5.88 Å². The van der Waals surface area contributed by atoms with Gasteiger partial charge in [-0.1, -0.05) is 11.6 Å². The minimum Gasteiger partial charge on any atom is -0.491 e. The van der Waals surface area contributed by atoms with Crippen molar-refractivity contribution in [2.24, 2.45) is 4.40 Å². The van der Waals surface area contributed by atoms with Crippen molar-refractivity contribution >= 4 is 33.7 Å². The molecule has 2 heterocycles. The molecule has 0 aliphatic carbocycles. The lowest BCUT2D eigenvalue weighted by Gasteiger charge is -2.15. The predicted octanol–water partition coefficient (Wildman–Crippen LogP) is 4.15. The number of nitrogens with one attached hydrogen (secondary N) is 2. The Bertz CT molecular complexity index is 1280. The first-order chi connectivity index (χ1) is 18.5. The lowest BCUT2D eigenvalue weighted by Crippen LogP contribution is -2.32. The fourth-order valence-electron chi connectivity index (χ4n) is 3.00. The number of amidine groups is 1. The summed E-state index contributed by atoms with van der Waals surface area (Å²) in [5, 5.41) is -0.429. The molecule has 2 aromatic rings. The number of pyridine rings is 1. The third-order valence-corrected chi connectivity index (χ3v) is 5.99. The molecule has 1 fully saturated rings. The lowest BCUT2D eigenvalue weighted by molar-refractivity contribution is -0.137. The van der Waals surface area contributed by atoms with Crippen LogP contribution in [0.4, 0.5) is 18.0 Å². The Morgan fingerprint density at radius 3 is 2.77 bits per heavy atom. The molecule has 3 rings (SSSR count). The van der Waals surface area contributed by atoms with Crippen molar-refractivity contribution in [3.8, 4) is 17.4 Å².